The van der Waals surface area contributed by atoms with Crippen LogP contribution >= 0.6 is 0 Å². The summed E-state index contributed by atoms with van der Waals surface area (Å²) in [6, 6.07) is 6.24. The minimum absolute atomic E-state index is 0.125. The molecule has 0 aliphatic carbocycles. The summed E-state index contributed by atoms with van der Waals surface area (Å²) in [6.45, 7) is 5.69. The van der Waals surface area contributed by atoms with Gasteiger partial charge in [0.1, 0.15) is 17.9 Å². The topological polar surface area (TPSA) is 93.2 Å². The Labute approximate surface area is 172 Å². The minimum atomic E-state index is -3.62. The fourth-order valence-electron chi connectivity index (χ4n) is 3.20. The van der Waals surface area contributed by atoms with Gasteiger partial charge in [0, 0.05) is 26.1 Å². The van der Waals surface area contributed by atoms with Gasteiger partial charge in [-0.2, -0.15) is 4.31 Å². The monoisotopic (exact) mass is 426 g/mol. The van der Waals surface area contributed by atoms with Crippen LogP contribution in [0.15, 0.2) is 29.2 Å². The fraction of sp³-hybridized carbons (Fsp3) is 0.600. The third-order valence-electron chi connectivity index (χ3n) is 4.66. The zero-order valence-corrected chi connectivity index (χ0v) is 18.5. The molecular weight excluding hydrogens is 396 g/mol. The number of methoxy groups -OCH3 is 1. The molecule has 0 unspecified atom stereocenters. The molecule has 162 valence electrons. The molecule has 0 aromatic heterocycles. The summed E-state index contributed by atoms with van der Waals surface area (Å²) in [5.41, 5.74) is -0.609. The Morgan fingerprint density at radius 1 is 1.14 bits per heavy atom. The molecule has 0 spiro atoms. The minimum Gasteiger partial charge on any atom is -0.497 e. The molecule has 1 saturated heterocycles. The van der Waals surface area contributed by atoms with E-state index >= 15 is 0 Å². The fourth-order valence-corrected chi connectivity index (χ4v) is 4.67. The molecule has 0 bridgehead atoms. The van der Waals surface area contributed by atoms with Crippen molar-refractivity contribution in [3.05, 3.63) is 24.3 Å². The van der Waals surface area contributed by atoms with Crippen molar-refractivity contribution in [2.45, 2.75) is 44.1 Å². The number of likely N-dealkylation sites (N-methyl/N-ethyl adjacent to an activating group) is 1. The second-order valence-electron chi connectivity index (χ2n) is 8.13. The van der Waals surface area contributed by atoms with Crippen LogP contribution in [0.2, 0.25) is 0 Å². The maximum atomic E-state index is 12.8. The lowest BCUT2D eigenvalue weighted by atomic mass is 9.97. The molecule has 0 N–H and O–H groups in total. The second kappa shape index (κ2) is 9.13. The van der Waals surface area contributed by atoms with E-state index in [2.05, 4.69) is 0 Å². The smallest absolute Gasteiger partial charge is 0.326 e. The Kier molecular flexibility index (Phi) is 7.29. The summed E-state index contributed by atoms with van der Waals surface area (Å²) in [6.07, 6.45) is 0.819. The summed E-state index contributed by atoms with van der Waals surface area (Å²) in [5.74, 6) is -0.365. The Bertz CT molecular complexity index is 822. The number of amides is 1. The predicted octanol–water partition coefficient (Wildman–Crippen LogP) is 1.90. The number of nitrogens with zero attached hydrogens (tertiary/aromatic N) is 2. The number of hydrogen-bond acceptors (Lipinski definition) is 6. The molecule has 9 heteroatoms. The van der Waals surface area contributed by atoms with Gasteiger partial charge in [0.15, 0.2) is 0 Å². The Hall–Kier alpha value is -2.13. The van der Waals surface area contributed by atoms with Gasteiger partial charge in [-0.25, -0.2) is 8.42 Å². The zero-order chi connectivity index (χ0) is 21.8. The van der Waals surface area contributed by atoms with E-state index in [1.54, 1.807) is 40.0 Å². The first-order chi connectivity index (χ1) is 13.4. The Balaban J connectivity index is 1.93. The molecule has 1 aromatic rings. The van der Waals surface area contributed by atoms with Gasteiger partial charge in [-0.05, 0) is 57.9 Å². The number of esters is 1. The van der Waals surface area contributed by atoms with Crippen molar-refractivity contribution in [2.75, 3.05) is 33.8 Å². The first-order valence-electron chi connectivity index (χ1n) is 9.55. The van der Waals surface area contributed by atoms with Gasteiger partial charge in [-0.15, -0.1) is 0 Å². The van der Waals surface area contributed by atoms with Crippen molar-refractivity contribution in [3.63, 3.8) is 0 Å². The van der Waals surface area contributed by atoms with E-state index in [0.29, 0.717) is 18.6 Å². The average Bonchev–Trinajstić information content (AvgIpc) is 2.66. The number of hydrogen-bond donors (Lipinski definition) is 0. The summed E-state index contributed by atoms with van der Waals surface area (Å²) in [7, 11) is -0.536. The van der Waals surface area contributed by atoms with E-state index in [0.717, 1.165) is 0 Å². The largest absolute Gasteiger partial charge is 0.497 e. The highest BCUT2D eigenvalue weighted by atomic mass is 32.2. The first-order valence-corrected chi connectivity index (χ1v) is 11.0. The number of sulfonamides is 1. The third-order valence-corrected chi connectivity index (χ3v) is 6.58. The molecule has 0 saturated carbocycles. The van der Waals surface area contributed by atoms with Crippen molar-refractivity contribution in [3.8, 4) is 5.75 Å². The van der Waals surface area contributed by atoms with E-state index in [1.165, 1.54) is 28.4 Å². The number of ether oxygens (including phenoxy) is 2. The lowest BCUT2D eigenvalue weighted by Gasteiger charge is -2.32. The van der Waals surface area contributed by atoms with Gasteiger partial charge in [-0.1, -0.05) is 0 Å². The second-order valence-corrected chi connectivity index (χ2v) is 10.1. The van der Waals surface area contributed by atoms with Crippen LogP contribution in [0.3, 0.4) is 0 Å². The van der Waals surface area contributed by atoms with Crippen molar-refractivity contribution < 1.29 is 27.5 Å². The number of piperidine rings is 1. The molecule has 1 fully saturated rings. The van der Waals surface area contributed by atoms with Crippen LogP contribution in [0.1, 0.15) is 33.6 Å². The summed E-state index contributed by atoms with van der Waals surface area (Å²) in [5, 5.41) is 0. The highest BCUT2D eigenvalue weighted by Crippen LogP contribution is 2.26. The normalized spacial score (nSPS) is 16.3. The van der Waals surface area contributed by atoms with Crippen LogP contribution in [0.5, 0.6) is 5.75 Å². The number of carbonyl (C=O) groups is 2. The van der Waals surface area contributed by atoms with Gasteiger partial charge in [-0.3, -0.25) is 9.59 Å². The lowest BCUT2D eigenvalue weighted by Crippen LogP contribution is -2.45. The highest BCUT2D eigenvalue weighted by molar-refractivity contribution is 7.89. The molecule has 8 nitrogen and oxygen atoms in total. The Morgan fingerprint density at radius 3 is 2.17 bits per heavy atom. The van der Waals surface area contributed by atoms with Crippen LogP contribution in [0.25, 0.3) is 0 Å². The van der Waals surface area contributed by atoms with Gasteiger partial charge < -0.3 is 14.4 Å². The maximum Gasteiger partial charge on any atom is 0.326 e. The van der Waals surface area contributed by atoms with Crippen molar-refractivity contribution >= 4 is 21.9 Å². The average molecular weight is 427 g/mol. The van der Waals surface area contributed by atoms with Gasteiger partial charge in [0.05, 0.1) is 12.0 Å². The first kappa shape index (κ1) is 23.2. The van der Waals surface area contributed by atoms with E-state index in [1.807, 2.05) is 0 Å². The highest BCUT2D eigenvalue weighted by Gasteiger charge is 2.33. The van der Waals surface area contributed by atoms with Crippen LogP contribution in [-0.4, -0.2) is 68.9 Å². The summed E-state index contributed by atoms with van der Waals surface area (Å²) >= 11 is 0. The van der Waals surface area contributed by atoms with Crippen molar-refractivity contribution in [1.29, 1.82) is 0 Å². The molecule has 1 aliphatic rings. The van der Waals surface area contributed by atoms with Gasteiger partial charge >= 0.3 is 5.97 Å². The van der Waals surface area contributed by atoms with E-state index < -0.39 is 21.6 Å². The van der Waals surface area contributed by atoms with E-state index in [4.69, 9.17) is 9.47 Å². The molecule has 1 aromatic carbocycles. The molecule has 0 atom stereocenters. The van der Waals surface area contributed by atoms with E-state index in [-0.39, 0.29) is 36.4 Å². The van der Waals surface area contributed by atoms with Crippen LogP contribution < -0.4 is 4.74 Å². The van der Waals surface area contributed by atoms with Gasteiger partial charge in [0.2, 0.25) is 15.9 Å². The zero-order valence-electron chi connectivity index (χ0n) is 17.7. The van der Waals surface area contributed by atoms with Crippen molar-refractivity contribution in [2.24, 2.45) is 5.92 Å². The Morgan fingerprint density at radius 2 is 1.69 bits per heavy atom. The third kappa shape index (κ3) is 6.17. The predicted molar refractivity (Wildman–Crippen MR) is 108 cm³/mol. The van der Waals surface area contributed by atoms with E-state index in [9.17, 15) is 18.0 Å². The lowest BCUT2D eigenvalue weighted by molar-refractivity contribution is -0.159. The number of rotatable bonds is 6. The molecular formula is C20H30N2O6S. The SMILES string of the molecule is COc1ccc(S(=O)(=O)N2CCC(C(=O)N(C)CC(=O)OC(C)(C)C)CC2)cc1. The number of carbonyl (C=O) groups excluding carboxylic acids is 2. The standard InChI is InChI=1S/C20H30N2O6S/c1-20(2,3)28-18(23)14-21(4)19(24)15-10-12-22(13-11-15)29(25,26)17-8-6-16(27-5)7-9-17/h6-9,15H,10-14H2,1-5H3. The summed E-state index contributed by atoms with van der Waals surface area (Å²) in [4.78, 5) is 26.1. The molecule has 2 rings (SSSR count). The van der Waals surface area contributed by atoms with Gasteiger partial charge in [0.25, 0.3) is 0 Å². The van der Waals surface area contributed by atoms with Crippen LogP contribution in [0.4, 0.5) is 0 Å². The van der Waals surface area contributed by atoms with Crippen LogP contribution in [-0.2, 0) is 24.3 Å². The van der Waals surface area contributed by atoms with Crippen molar-refractivity contribution in [1.82, 2.24) is 9.21 Å². The molecule has 29 heavy (non-hydrogen) atoms. The summed E-state index contributed by atoms with van der Waals surface area (Å²) < 4.78 is 37.3. The maximum absolute atomic E-state index is 12.8. The number of benzene rings is 1. The quantitative estimate of drug-likeness (QED) is 0.645. The molecule has 0 radical (unpaired) electrons. The molecule has 1 amide bonds. The molecule has 1 heterocycles. The van der Waals surface area contributed by atoms with Crippen LogP contribution in [0, 0.1) is 5.92 Å². The molecule has 1 aliphatic heterocycles.